The van der Waals surface area contributed by atoms with E-state index in [1.807, 2.05) is 6.07 Å². The number of hydrogen-bond acceptors (Lipinski definition) is 1. The zero-order valence-electron chi connectivity index (χ0n) is 12.5. The normalized spacial score (nSPS) is 12.4. The van der Waals surface area contributed by atoms with E-state index in [0.29, 0.717) is 5.02 Å². The van der Waals surface area contributed by atoms with Crippen LogP contribution in [-0.2, 0) is 6.42 Å². The molecule has 2 aromatic carbocycles. The Morgan fingerprint density at radius 2 is 1.95 bits per heavy atom. The van der Waals surface area contributed by atoms with Gasteiger partial charge in [-0.25, -0.2) is 4.39 Å². The molecule has 1 N–H and O–H groups in total. The molecule has 0 saturated carbocycles. The second kappa shape index (κ2) is 7.58. The molecule has 1 unspecified atom stereocenters. The number of nitrogens with one attached hydrogen (secondary N) is 1. The number of likely N-dealkylation sites (N-methyl/N-ethyl adjacent to an activating group) is 1. The number of hydrogen-bond donors (Lipinski definition) is 1. The molecule has 0 aliphatic heterocycles. The Kier molecular flexibility index (Phi) is 5.77. The second-order valence-corrected chi connectivity index (χ2v) is 5.71. The molecular weight excluding hydrogens is 285 g/mol. The summed E-state index contributed by atoms with van der Waals surface area (Å²) in [5, 5.41) is 4.02. The van der Waals surface area contributed by atoms with Crippen LogP contribution in [0.25, 0.3) is 0 Å². The highest BCUT2D eigenvalue weighted by Gasteiger charge is 2.16. The van der Waals surface area contributed by atoms with Gasteiger partial charge in [0.05, 0.1) is 0 Å². The van der Waals surface area contributed by atoms with E-state index in [9.17, 15) is 4.39 Å². The molecule has 0 bridgehead atoms. The molecule has 3 heteroatoms. The van der Waals surface area contributed by atoms with Gasteiger partial charge in [-0.2, -0.15) is 0 Å². The van der Waals surface area contributed by atoms with Crippen LogP contribution < -0.4 is 5.32 Å². The zero-order chi connectivity index (χ0) is 15.2. The molecule has 1 nitrogen and oxygen atoms in total. The molecule has 0 fully saturated rings. The van der Waals surface area contributed by atoms with Gasteiger partial charge in [0.25, 0.3) is 0 Å². The van der Waals surface area contributed by atoms with Crippen molar-refractivity contribution >= 4 is 11.6 Å². The fraction of sp³-hybridized carbons (Fsp3) is 0.333. The highest BCUT2D eigenvalue weighted by molar-refractivity contribution is 6.31. The summed E-state index contributed by atoms with van der Waals surface area (Å²) in [7, 11) is 0. The fourth-order valence-corrected chi connectivity index (χ4v) is 2.82. The van der Waals surface area contributed by atoms with Crippen molar-refractivity contribution in [2.24, 2.45) is 0 Å². The van der Waals surface area contributed by atoms with Crippen molar-refractivity contribution in [2.75, 3.05) is 13.1 Å². The van der Waals surface area contributed by atoms with E-state index in [1.54, 1.807) is 12.1 Å². The van der Waals surface area contributed by atoms with E-state index in [0.717, 1.165) is 25.1 Å². The van der Waals surface area contributed by atoms with Crippen molar-refractivity contribution < 1.29 is 4.39 Å². The van der Waals surface area contributed by atoms with Gasteiger partial charge in [0.1, 0.15) is 5.82 Å². The zero-order valence-corrected chi connectivity index (χ0v) is 13.3. The summed E-state index contributed by atoms with van der Waals surface area (Å²) in [6, 6.07) is 12.9. The number of benzene rings is 2. The van der Waals surface area contributed by atoms with Crippen LogP contribution in [0, 0.1) is 12.7 Å². The summed E-state index contributed by atoms with van der Waals surface area (Å²) in [6.45, 7) is 5.97. The van der Waals surface area contributed by atoms with Gasteiger partial charge in [-0.1, -0.05) is 42.8 Å². The molecule has 0 aromatic heterocycles. The van der Waals surface area contributed by atoms with Gasteiger partial charge < -0.3 is 5.32 Å². The van der Waals surface area contributed by atoms with Crippen molar-refractivity contribution in [3.05, 3.63) is 70.0 Å². The van der Waals surface area contributed by atoms with Crippen LogP contribution in [0.2, 0.25) is 5.02 Å². The first-order chi connectivity index (χ1) is 10.1. The molecule has 0 amide bonds. The molecule has 2 rings (SSSR count). The van der Waals surface area contributed by atoms with Crippen LogP contribution in [0.15, 0.2) is 42.5 Å². The van der Waals surface area contributed by atoms with Gasteiger partial charge >= 0.3 is 0 Å². The predicted octanol–water partition coefficient (Wildman–Crippen LogP) is 4.72. The lowest BCUT2D eigenvalue weighted by molar-refractivity contribution is 0.586. The molecule has 0 aliphatic rings. The second-order valence-electron chi connectivity index (χ2n) is 5.30. The van der Waals surface area contributed by atoms with E-state index in [1.165, 1.54) is 17.2 Å². The average molecular weight is 306 g/mol. The van der Waals surface area contributed by atoms with Crippen molar-refractivity contribution in [3.63, 3.8) is 0 Å². The van der Waals surface area contributed by atoms with Crippen molar-refractivity contribution in [1.29, 1.82) is 0 Å². The van der Waals surface area contributed by atoms with Crippen molar-refractivity contribution in [2.45, 2.75) is 26.2 Å². The lowest BCUT2D eigenvalue weighted by Crippen LogP contribution is -2.23. The maximum absolute atomic E-state index is 13.5. The first kappa shape index (κ1) is 16.0. The molecule has 0 heterocycles. The van der Waals surface area contributed by atoms with Gasteiger partial charge in [0, 0.05) is 17.5 Å². The van der Waals surface area contributed by atoms with Crippen LogP contribution >= 0.6 is 11.6 Å². The van der Waals surface area contributed by atoms with Crippen LogP contribution in [0.1, 0.15) is 29.5 Å². The Labute approximate surface area is 131 Å². The minimum absolute atomic E-state index is 0.235. The monoisotopic (exact) mass is 305 g/mol. The summed E-state index contributed by atoms with van der Waals surface area (Å²) in [5.74, 6) is 0.0480. The minimum atomic E-state index is -0.235. The van der Waals surface area contributed by atoms with Crippen molar-refractivity contribution in [1.82, 2.24) is 5.32 Å². The highest BCUT2D eigenvalue weighted by atomic mass is 35.5. The molecular formula is C18H21ClFN. The Bertz CT molecular complexity index is 598. The Morgan fingerprint density at radius 3 is 2.67 bits per heavy atom. The predicted molar refractivity (Wildman–Crippen MR) is 87.6 cm³/mol. The maximum Gasteiger partial charge on any atom is 0.123 e. The standard InChI is InChI=1S/C18H21ClFN/c1-3-21-12-15(17-7-5-4-6-13(17)2)10-14-11-16(20)8-9-18(14)19/h4-9,11,15,21H,3,10,12H2,1-2H3. The minimum Gasteiger partial charge on any atom is -0.316 e. The van der Waals surface area contributed by atoms with E-state index < -0.39 is 0 Å². The van der Waals surface area contributed by atoms with Gasteiger partial charge in [-0.05, 0) is 54.8 Å². The van der Waals surface area contributed by atoms with Gasteiger partial charge in [-0.3, -0.25) is 0 Å². The van der Waals surface area contributed by atoms with E-state index >= 15 is 0 Å². The molecule has 21 heavy (non-hydrogen) atoms. The summed E-state index contributed by atoms with van der Waals surface area (Å²) in [4.78, 5) is 0. The lowest BCUT2D eigenvalue weighted by atomic mass is 9.89. The van der Waals surface area contributed by atoms with Gasteiger partial charge in [0.15, 0.2) is 0 Å². The van der Waals surface area contributed by atoms with Crippen molar-refractivity contribution in [3.8, 4) is 0 Å². The first-order valence-electron chi connectivity index (χ1n) is 7.32. The summed E-state index contributed by atoms with van der Waals surface area (Å²) in [5.41, 5.74) is 3.41. The number of halogens is 2. The molecule has 0 spiro atoms. The molecule has 0 saturated heterocycles. The molecule has 0 aliphatic carbocycles. The number of aryl methyl sites for hydroxylation is 1. The van der Waals surface area contributed by atoms with E-state index in [2.05, 4.69) is 37.4 Å². The molecule has 112 valence electrons. The Morgan fingerprint density at radius 1 is 1.19 bits per heavy atom. The highest BCUT2D eigenvalue weighted by Crippen LogP contribution is 2.27. The fourth-order valence-electron chi connectivity index (χ4n) is 2.62. The lowest BCUT2D eigenvalue weighted by Gasteiger charge is -2.20. The Hall–Kier alpha value is -1.38. The molecule has 1 atom stereocenters. The van der Waals surface area contributed by atoms with Gasteiger partial charge in [-0.15, -0.1) is 0 Å². The summed E-state index contributed by atoms with van der Waals surface area (Å²) >= 11 is 6.21. The average Bonchev–Trinajstić information content (AvgIpc) is 2.48. The summed E-state index contributed by atoms with van der Waals surface area (Å²) in [6.07, 6.45) is 0.731. The van der Waals surface area contributed by atoms with Crippen LogP contribution in [-0.4, -0.2) is 13.1 Å². The molecule has 2 aromatic rings. The van der Waals surface area contributed by atoms with Crippen LogP contribution in [0.4, 0.5) is 4.39 Å². The number of rotatable bonds is 6. The third kappa shape index (κ3) is 4.29. The third-order valence-corrected chi connectivity index (χ3v) is 4.11. The molecule has 0 radical (unpaired) electrons. The summed E-state index contributed by atoms with van der Waals surface area (Å²) < 4.78 is 13.5. The van der Waals surface area contributed by atoms with Gasteiger partial charge in [0.2, 0.25) is 0 Å². The van der Waals surface area contributed by atoms with Crippen LogP contribution in [0.5, 0.6) is 0 Å². The largest absolute Gasteiger partial charge is 0.316 e. The maximum atomic E-state index is 13.5. The SMILES string of the molecule is CCNCC(Cc1cc(F)ccc1Cl)c1ccccc1C. The van der Waals surface area contributed by atoms with E-state index in [4.69, 9.17) is 11.6 Å². The Balaban J connectivity index is 2.28. The van der Waals surface area contributed by atoms with E-state index in [-0.39, 0.29) is 11.7 Å². The van der Waals surface area contributed by atoms with Crippen LogP contribution in [0.3, 0.4) is 0 Å². The smallest absolute Gasteiger partial charge is 0.123 e. The topological polar surface area (TPSA) is 12.0 Å². The first-order valence-corrected chi connectivity index (χ1v) is 7.69. The third-order valence-electron chi connectivity index (χ3n) is 3.74. The quantitative estimate of drug-likeness (QED) is 0.814.